The first kappa shape index (κ1) is 14.3. The third kappa shape index (κ3) is 3.24. The first-order chi connectivity index (χ1) is 9.13. The zero-order chi connectivity index (χ0) is 13.8. The molecule has 1 aliphatic rings. The molecule has 1 aromatic rings. The zero-order valence-corrected chi connectivity index (χ0v) is 11.9. The number of rotatable bonds is 4. The highest BCUT2D eigenvalue weighted by atomic mass is 35.5. The Balaban J connectivity index is 2.26. The average molecular weight is 281 g/mol. The van der Waals surface area contributed by atoms with Gasteiger partial charge in [0.25, 0.3) is 0 Å². The molecule has 1 atom stereocenters. The Morgan fingerprint density at radius 2 is 2.00 bits per heavy atom. The Labute approximate surface area is 118 Å². The summed E-state index contributed by atoms with van der Waals surface area (Å²) in [4.78, 5) is 11.2. The van der Waals surface area contributed by atoms with Crippen molar-refractivity contribution in [2.24, 2.45) is 0 Å². The monoisotopic (exact) mass is 280 g/mol. The highest BCUT2D eigenvalue weighted by molar-refractivity contribution is 6.49. The van der Waals surface area contributed by atoms with Crippen molar-refractivity contribution in [3.05, 3.63) is 41.0 Å². The lowest BCUT2D eigenvalue weighted by Gasteiger charge is -2.12. The zero-order valence-electron chi connectivity index (χ0n) is 11.1. The van der Waals surface area contributed by atoms with Gasteiger partial charge in [0.05, 0.1) is 18.2 Å². The van der Waals surface area contributed by atoms with E-state index in [0.717, 1.165) is 11.1 Å². The number of benzene rings is 1. The van der Waals surface area contributed by atoms with E-state index in [-0.39, 0.29) is 11.9 Å². The number of halogens is 1. The molecule has 102 valence electrons. The molecule has 0 radical (unpaired) electrons. The van der Waals surface area contributed by atoms with E-state index in [9.17, 15) is 4.79 Å². The maximum Gasteiger partial charge on any atom is 0.159 e. The molecule has 3 nitrogen and oxygen atoms in total. The second-order valence-corrected chi connectivity index (χ2v) is 4.81. The topological polar surface area (TPSA) is 35.5 Å². The number of carbonyl (C=O) groups excluding carboxylic acids is 1. The van der Waals surface area contributed by atoms with E-state index in [1.54, 1.807) is 19.1 Å². The standard InChI is InChI=1S/C15H17ClO3/c1-3-19-14-9-18-8-13(14)15(16)12-6-4-11(5-7-12)10(2)17/h4-7,14H,3,8-9H2,1-2H3/b15-13+. The summed E-state index contributed by atoms with van der Waals surface area (Å²) in [7, 11) is 0. The fraction of sp³-hybridized carbons (Fsp3) is 0.400. The molecule has 1 heterocycles. The molecule has 19 heavy (non-hydrogen) atoms. The van der Waals surface area contributed by atoms with Crippen LogP contribution >= 0.6 is 11.6 Å². The second-order valence-electron chi connectivity index (χ2n) is 4.43. The van der Waals surface area contributed by atoms with E-state index in [1.807, 2.05) is 19.1 Å². The molecule has 4 heteroatoms. The molecule has 1 unspecified atom stereocenters. The molecule has 0 aromatic heterocycles. The van der Waals surface area contributed by atoms with Crippen LogP contribution in [0, 0.1) is 0 Å². The SMILES string of the molecule is CCOC1COC/C1=C(\Cl)c1ccc(C(C)=O)cc1. The second kappa shape index (κ2) is 6.33. The van der Waals surface area contributed by atoms with Crippen molar-refractivity contribution >= 4 is 22.4 Å². The maximum atomic E-state index is 11.2. The molecule has 2 rings (SSSR count). The van der Waals surface area contributed by atoms with Gasteiger partial charge in [-0.1, -0.05) is 35.9 Å². The van der Waals surface area contributed by atoms with Crippen molar-refractivity contribution in [1.82, 2.24) is 0 Å². The van der Waals surface area contributed by atoms with E-state index in [4.69, 9.17) is 21.1 Å². The third-order valence-corrected chi connectivity index (χ3v) is 3.57. The highest BCUT2D eigenvalue weighted by Crippen LogP contribution is 2.30. The first-order valence-electron chi connectivity index (χ1n) is 6.32. The first-order valence-corrected chi connectivity index (χ1v) is 6.70. The van der Waals surface area contributed by atoms with E-state index in [0.29, 0.717) is 30.4 Å². The Bertz CT molecular complexity index is 491. The van der Waals surface area contributed by atoms with Gasteiger partial charge in [-0.15, -0.1) is 0 Å². The molecular formula is C15H17ClO3. The number of hydrogen-bond acceptors (Lipinski definition) is 3. The molecule has 0 bridgehead atoms. The van der Waals surface area contributed by atoms with Crippen LogP contribution < -0.4 is 0 Å². The van der Waals surface area contributed by atoms with E-state index >= 15 is 0 Å². The van der Waals surface area contributed by atoms with Crippen LogP contribution in [0.4, 0.5) is 0 Å². The van der Waals surface area contributed by atoms with Crippen LogP contribution in [0.25, 0.3) is 5.03 Å². The van der Waals surface area contributed by atoms with Gasteiger partial charge in [0.15, 0.2) is 5.78 Å². The minimum Gasteiger partial charge on any atom is -0.374 e. The molecule has 1 saturated heterocycles. The summed E-state index contributed by atoms with van der Waals surface area (Å²) in [6, 6.07) is 7.28. The van der Waals surface area contributed by atoms with Crippen molar-refractivity contribution in [3.8, 4) is 0 Å². The third-order valence-electron chi connectivity index (χ3n) is 3.11. The number of Topliss-reactive ketones (excluding diaryl/α,β-unsaturated/α-hetero) is 1. The summed E-state index contributed by atoms with van der Waals surface area (Å²) in [5.74, 6) is 0.0479. The lowest BCUT2D eigenvalue weighted by Crippen LogP contribution is -2.15. The minimum absolute atomic E-state index is 0.0479. The Morgan fingerprint density at radius 3 is 2.58 bits per heavy atom. The van der Waals surface area contributed by atoms with Gasteiger partial charge in [0, 0.05) is 17.7 Å². The van der Waals surface area contributed by atoms with Crippen molar-refractivity contribution in [3.63, 3.8) is 0 Å². The van der Waals surface area contributed by atoms with Crippen LogP contribution in [-0.4, -0.2) is 31.7 Å². The summed E-state index contributed by atoms with van der Waals surface area (Å²) in [5.41, 5.74) is 2.54. The van der Waals surface area contributed by atoms with Crippen LogP contribution in [0.1, 0.15) is 29.8 Å². The molecule has 0 aliphatic carbocycles. The smallest absolute Gasteiger partial charge is 0.159 e. The summed E-state index contributed by atoms with van der Waals surface area (Å²) in [6.45, 7) is 5.17. The normalized spacial score (nSPS) is 21.5. The highest BCUT2D eigenvalue weighted by Gasteiger charge is 2.25. The molecule has 0 N–H and O–H groups in total. The lowest BCUT2D eigenvalue weighted by molar-refractivity contribution is 0.0609. The van der Waals surface area contributed by atoms with Gasteiger partial charge in [-0.05, 0) is 19.4 Å². The Morgan fingerprint density at radius 1 is 1.37 bits per heavy atom. The van der Waals surface area contributed by atoms with Crippen molar-refractivity contribution < 1.29 is 14.3 Å². The summed E-state index contributed by atoms with van der Waals surface area (Å²) >= 11 is 6.41. The van der Waals surface area contributed by atoms with Crippen molar-refractivity contribution in [1.29, 1.82) is 0 Å². The van der Waals surface area contributed by atoms with E-state index in [2.05, 4.69) is 0 Å². The van der Waals surface area contributed by atoms with E-state index < -0.39 is 0 Å². The van der Waals surface area contributed by atoms with Gasteiger partial charge in [0.2, 0.25) is 0 Å². The molecule has 0 saturated carbocycles. The van der Waals surface area contributed by atoms with Gasteiger partial charge in [-0.2, -0.15) is 0 Å². The minimum atomic E-state index is -0.0648. The number of carbonyl (C=O) groups is 1. The van der Waals surface area contributed by atoms with Gasteiger partial charge in [-0.25, -0.2) is 0 Å². The molecule has 1 aromatic carbocycles. The Kier molecular flexibility index (Phi) is 4.75. The van der Waals surface area contributed by atoms with Crippen molar-refractivity contribution in [2.75, 3.05) is 19.8 Å². The number of ketones is 1. The predicted octanol–water partition coefficient (Wildman–Crippen LogP) is 3.27. The molecule has 1 fully saturated rings. The summed E-state index contributed by atoms with van der Waals surface area (Å²) in [5, 5.41) is 0.658. The Hall–Kier alpha value is -1.16. The average Bonchev–Trinajstić information content (AvgIpc) is 2.87. The van der Waals surface area contributed by atoms with Crippen LogP contribution in [0.5, 0.6) is 0 Å². The number of ether oxygens (including phenoxy) is 2. The fourth-order valence-corrected chi connectivity index (χ4v) is 2.36. The van der Waals surface area contributed by atoms with Gasteiger partial charge < -0.3 is 9.47 Å². The van der Waals surface area contributed by atoms with Gasteiger partial charge in [0.1, 0.15) is 6.10 Å². The van der Waals surface area contributed by atoms with E-state index in [1.165, 1.54) is 0 Å². The number of hydrogen-bond donors (Lipinski definition) is 0. The molecule has 0 amide bonds. The summed E-state index contributed by atoms with van der Waals surface area (Å²) in [6.07, 6.45) is -0.0648. The van der Waals surface area contributed by atoms with Crippen LogP contribution in [0.15, 0.2) is 29.8 Å². The van der Waals surface area contributed by atoms with Gasteiger partial charge in [-0.3, -0.25) is 4.79 Å². The van der Waals surface area contributed by atoms with Crippen LogP contribution in [-0.2, 0) is 9.47 Å². The fourth-order valence-electron chi connectivity index (χ4n) is 2.06. The van der Waals surface area contributed by atoms with Crippen molar-refractivity contribution in [2.45, 2.75) is 20.0 Å². The largest absolute Gasteiger partial charge is 0.374 e. The lowest BCUT2D eigenvalue weighted by atomic mass is 10.0. The maximum absolute atomic E-state index is 11.2. The molecule has 0 spiro atoms. The summed E-state index contributed by atoms with van der Waals surface area (Å²) < 4.78 is 11.0. The molecular weight excluding hydrogens is 264 g/mol. The molecule has 1 aliphatic heterocycles. The predicted molar refractivity (Wildman–Crippen MR) is 75.5 cm³/mol. The van der Waals surface area contributed by atoms with Gasteiger partial charge >= 0.3 is 0 Å². The van der Waals surface area contributed by atoms with Crippen LogP contribution in [0.3, 0.4) is 0 Å². The van der Waals surface area contributed by atoms with Crippen LogP contribution in [0.2, 0.25) is 0 Å². The quantitative estimate of drug-likeness (QED) is 0.794.